The third kappa shape index (κ3) is 19.7. The summed E-state index contributed by atoms with van der Waals surface area (Å²) < 4.78 is 5.29. The standard InChI is InChI=1S/C21H39BrO2/c1-2-3-4-5-11-14-17-20-24-21(23)18-15-12-9-7-6-8-10-13-16-19-22/h2H,1,3-20H2. The minimum Gasteiger partial charge on any atom is -0.466 e. The van der Waals surface area contributed by atoms with E-state index in [0.29, 0.717) is 13.0 Å². The van der Waals surface area contributed by atoms with E-state index in [1.807, 2.05) is 6.08 Å². The summed E-state index contributed by atoms with van der Waals surface area (Å²) in [6.45, 7) is 4.33. The third-order valence-corrected chi connectivity index (χ3v) is 4.89. The molecule has 142 valence electrons. The monoisotopic (exact) mass is 402 g/mol. The number of unbranched alkanes of at least 4 members (excludes halogenated alkanes) is 13. The minimum absolute atomic E-state index is 0.00331. The molecule has 0 aromatic heterocycles. The lowest BCUT2D eigenvalue weighted by molar-refractivity contribution is -0.143. The normalized spacial score (nSPS) is 10.7. The molecule has 0 N–H and O–H groups in total. The fraction of sp³-hybridized carbons (Fsp3) is 0.857. The summed E-state index contributed by atoms with van der Waals surface area (Å²) >= 11 is 3.47. The number of halogens is 1. The second kappa shape index (κ2) is 20.7. The number of rotatable bonds is 19. The van der Waals surface area contributed by atoms with Crippen LogP contribution in [-0.2, 0) is 9.53 Å². The van der Waals surface area contributed by atoms with Crippen LogP contribution in [-0.4, -0.2) is 17.9 Å². The van der Waals surface area contributed by atoms with Crippen molar-refractivity contribution in [2.75, 3.05) is 11.9 Å². The number of hydrogen-bond acceptors (Lipinski definition) is 2. The molecule has 0 saturated carbocycles. The molecule has 0 unspecified atom stereocenters. The largest absolute Gasteiger partial charge is 0.466 e. The van der Waals surface area contributed by atoms with Crippen LogP contribution in [0.5, 0.6) is 0 Å². The Morgan fingerprint density at radius 2 is 1.25 bits per heavy atom. The van der Waals surface area contributed by atoms with Crippen LogP contribution >= 0.6 is 15.9 Å². The molecular weight excluding hydrogens is 364 g/mol. The van der Waals surface area contributed by atoms with Crippen LogP contribution in [0.3, 0.4) is 0 Å². The lowest BCUT2D eigenvalue weighted by Crippen LogP contribution is -2.05. The van der Waals surface area contributed by atoms with Gasteiger partial charge in [0.1, 0.15) is 0 Å². The third-order valence-electron chi connectivity index (χ3n) is 4.33. The lowest BCUT2D eigenvalue weighted by Gasteiger charge is -2.05. The maximum Gasteiger partial charge on any atom is 0.305 e. The molecule has 0 bridgehead atoms. The number of allylic oxidation sites excluding steroid dienone is 1. The Morgan fingerprint density at radius 1 is 0.750 bits per heavy atom. The Kier molecular flexibility index (Phi) is 20.5. The van der Waals surface area contributed by atoms with Gasteiger partial charge in [-0.1, -0.05) is 86.2 Å². The molecule has 0 aliphatic rings. The molecule has 0 aliphatic heterocycles. The van der Waals surface area contributed by atoms with Crippen molar-refractivity contribution in [1.29, 1.82) is 0 Å². The van der Waals surface area contributed by atoms with Gasteiger partial charge in [-0.25, -0.2) is 0 Å². The summed E-state index contributed by atoms with van der Waals surface area (Å²) in [5.41, 5.74) is 0. The first-order valence-corrected chi connectivity index (χ1v) is 11.3. The predicted octanol–water partition coefficient (Wildman–Crippen LogP) is 7.35. The molecule has 0 saturated heterocycles. The van der Waals surface area contributed by atoms with Crippen LogP contribution in [0.1, 0.15) is 103 Å². The van der Waals surface area contributed by atoms with Crippen LogP contribution in [0.4, 0.5) is 0 Å². The SMILES string of the molecule is C=CCCCCCCCOC(=O)CCCCCCCCCCCBr. The number of carbonyl (C=O) groups excluding carboxylic acids is 1. The molecule has 0 aromatic rings. The maximum atomic E-state index is 11.6. The molecular formula is C21H39BrO2. The Labute approximate surface area is 158 Å². The average Bonchev–Trinajstić information content (AvgIpc) is 2.59. The summed E-state index contributed by atoms with van der Waals surface area (Å²) in [5.74, 6) is -0.00331. The topological polar surface area (TPSA) is 26.3 Å². The summed E-state index contributed by atoms with van der Waals surface area (Å²) in [4.78, 5) is 11.6. The van der Waals surface area contributed by atoms with Gasteiger partial charge >= 0.3 is 5.97 Å². The van der Waals surface area contributed by atoms with E-state index in [4.69, 9.17) is 4.74 Å². The van der Waals surface area contributed by atoms with Gasteiger partial charge in [-0.05, 0) is 32.1 Å². The lowest BCUT2D eigenvalue weighted by atomic mass is 10.1. The molecule has 0 aromatic carbocycles. The first kappa shape index (κ1) is 23.7. The zero-order valence-electron chi connectivity index (χ0n) is 15.7. The van der Waals surface area contributed by atoms with Gasteiger partial charge in [0.15, 0.2) is 0 Å². The van der Waals surface area contributed by atoms with E-state index < -0.39 is 0 Å². The number of carbonyl (C=O) groups is 1. The van der Waals surface area contributed by atoms with Crippen LogP contribution in [0.25, 0.3) is 0 Å². The van der Waals surface area contributed by atoms with E-state index in [0.717, 1.165) is 24.6 Å². The van der Waals surface area contributed by atoms with Crippen LogP contribution in [0.15, 0.2) is 12.7 Å². The fourth-order valence-corrected chi connectivity index (χ4v) is 3.18. The minimum atomic E-state index is -0.00331. The Bertz CT molecular complexity index is 279. The Morgan fingerprint density at radius 3 is 1.83 bits per heavy atom. The van der Waals surface area contributed by atoms with E-state index in [1.165, 1.54) is 77.0 Å². The molecule has 0 radical (unpaired) electrons. The zero-order chi connectivity index (χ0) is 17.7. The van der Waals surface area contributed by atoms with E-state index in [-0.39, 0.29) is 5.97 Å². The predicted molar refractivity (Wildman–Crippen MR) is 109 cm³/mol. The molecule has 0 aliphatic carbocycles. The number of alkyl halides is 1. The molecule has 0 heterocycles. The molecule has 24 heavy (non-hydrogen) atoms. The van der Waals surface area contributed by atoms with Crippen LogP contribution in [0, 0.1) is 0 Å². The van der Waals surface area contributed by atoms with Gasteiger partial charge in [-0.3, -0.25) is 4.79 Å². The smallest absolute Gasteiger partial charge is 0.305 e. The van der Waals surface area contributed by atoms with Crippen molar-refractivity contribution in [3.05, 3.63) is 12.7 Å². The molecule has 0 fully saturated rings. The van der Waals surface area contributed by atoms with Crippen molar-refractivity contribution in [3.8, 4) is 0 Å². The summed E-state index contributed by atoms with van der Waals surface area (Å²) in [7, 11) is 0. The second-order valence-corrected chi connectivity index (χ2v) is 7.48. The second-order valence-electron chi connectivity index (χ2n) is 6.69. The van der Waals surface area contributed by atoms with Crippen molar-refractivity contribution in [3.63, 3.8) is 0 Å². The first-order chi connectivity index (χ1) is 11.8. The van der Waals surface area contributed by atoms with Crippen LogP contribution < -0.4 is 0 Å². The highest BCUT2D eigenvalue weighted by Crippen LogP contribution is 2.11. The first-order valence-electron chi connectivity index (χ1n) is 10.1. The summed E-state index contributed by atoms with van der Waals surface area (Å²) in [6, 6.07) is 0. The van der Waals surface area contributed by atoms with Crippen molar-refractivity contribution in [1.82, 2.24) is 0 Å². The van der Waals surface area contributed by atoms with Gasteiger partial charge in [0.05, 0.1) is 6.61 Å². The van der Waals surface area contributed by atoms with Gasteiger partial charge < -0.3 is 4.74 Å². The Balaban J connectivity index is 3.14. The average molecular weight is 403 g/mol. The highest BCUT2D eigenvalue weighted by atomic mass is 79.9. The van der Waals surface area contributed by atoms with Gasteiger partial charge in [-0.15, -0.1) is 6.58 Å². The van der Waals surface area contributed by atoms with E-state index in [9.17, 15) is 4.79 Å². The quantitative estimate of drug-likeness (QED) is 0.0975. The summed E-state index contributed by atoms with van der Waals surface area (Å²) in [5, 5.41) is 1.14. The van der Waals surface area contributed by atoms with E-state index in [1.54, 1.807) is 0 Å². The molecule has 0 spiro atoms. The van der Waals surface area contributed by atoms with Gasteiger partial charge in [0.2, 0.25) is 0 Å². The van der Waals surface area contributed by atoms with Gasteiger partial charge in [0, 0.05) is 11.8 Å². The zero-order valence-corrected chi connectivity index (χ0v) is 17.3. The number of ether oxygens (including phenoxy) is 1. The van der Waals surface area contributed by atoms with Gasteiger partial charge in [-0.2, -0.15) is 0 Å². The number of hydrogen-bond donors (Lipinski definition) is 0. The maximum absolute atomic E-state index is 11.6. The fourth-order valence-electron chi connectivity index (χ4n) is 2.78. The number of esters is 1. The van der Waals surface area contributed by atoms with Crippen molar-refractivity contribution in [2.45, 2.75) is 103 Å². The molecule has 2 nitrogen and oxygen atoms in total. The van der Waals surface area contributed by atoms with Crippen molar-refractivity contribution in [2.24, 2.45) is 0 Å². The van der Waals surface area contributed by atoms with Crippen molar-refractivity contribution >= 4 is 21.9 Å². The molecule has 0 atom stereocenters. The molecule has 3 heteroatoms. The van der Waals surface area contributed by atoms with E-state index >= 15 is 0 Å². The van der Waals surface area contributed by atoms with E-state index in [2.05, 4.69) is 22.5 Å². The molecule has 0 amide bonds. The highest BCUT2D eigenvalue weighted by Gasteiger charge is 2.02. The molecule has 0 rings (SSSR count). The highest BCUT2D eigenvalue weighted by molar-refractivity contribution is 9.09. The summed E-state index contributed by atoms with van der Waals surface area (Å²) in [6.07, 6.45) is 21.1. The van der Waals surface area contributed by atoms with Crippen LogP contribution in [0.2, 0.25) is 0 Å². The van der Waals surface area contributed by atoms with Gasteiger partial charge in [0.25, 0.3) is 0 Å². The Hall–Kier alpha value is -0.310. The van der Waals surface area contributed by atoms with Crippen molar-refractivity contribution < 1.29 is 9.53 Å².